The number of phenols is 2. The minimum absolute atomic E-state index is 0.0352. The van der Waals surface area contributed by atoms with Gasteiger partial charge in [-0.25, -0.2) is 0 Å². The molecule has 3 N–H and O–H groups in total. The number of benzene rings is 1. The van der Waals surface area contributed by atoms with Gasteiger partial charge in [0.1, 0.15) is 0 Å². The highest BCUT2D eigenvalue weighted by atomic mass is 16.3. The second-order valence-corrected chi connectivity index (χ2v) is 11.0. The van der Waals surface area contributed by atoms with Crippen molar-refractivity contribution in [3.05, 3.63) is 22.8 Å². The van der Waals surface area contributed by atoms with Crippen molar-refractivity contribution in [3.8, 4) is 11.5 Å². The van der Waals surface area contributed by atoms with Gasteiger partial charge in [0.05, 0.1) is 5.60 Å². The minimum Gasteiger partial charge on any atom is -0.504 e. The number of phenolic OH excluding ortho intramolecular Hbond substituents is 2. The smallest absolute Gasteiger partial charge is 0.160 e. The van der Waals surface area contributed by atoms with Crippen molar-refractivity contribution in [2.75, 3.05) is 0 Å². The summed E-state index contributed by atoms with van der Waals surface area (Å²) in [5, 5.41) is 30.6. The number of aliphatic hydroxyl groups is 1. The van der Waals surface area contributed by atoms with Crippen molar-refractivity contribution in [3.63, 3.8) is 0 Å². The normalized spacial score (nSPS) is 15.8. The molecule has 31 heavy (non-hydrogen) atoms. The maximum Gasteiger partial charge on any atom is 0.160 e. The molecular formula is C28H50O3. The highest BCUT2D eigenvalue weighted by molar-refractivity contribution is 5.51. The van der Waals surface area contributed by atoms with Crippen LogP contribution in [0.5, 0.6) is 11.5 Å². The van der Waals surface area contributed by atoms with E-state index in [9.17, 15) is 15.3 Å². The van der Waals surface area contributed by atoms with Crippen LogP contribution in [0.4, 0.5) is 0 Å². The lowest BCUT2D eigenvalue weighted by atomic mass is 9.87. The van der Waals surface area contributed by atoms with E-state index in [2.05, 4.69) is 27.7 Å². The zero-order valence-electron chi connectivity index (χ0n) is 21.4. The molecule has 0 heterocycles. The van der Waals surface area contributed by atoms with Gasteiger partial charge >= 0.3 is 0 Å². The molecule has 0 amide bonds. The molecule has 0 spiro atoms. The average Bonchev–Trinajstić information content (AvgIpc) is 2.67. The highest BCUT2D eigenvalue weighted by Gasteiger charge is 2.21. The number of rotatable bonds is 15. The van der Waals surface area contributed by atoms with Crippen LogP contribution in [-0.4, -0.2) is 20.9 Å². The third-order valence-corrected chi connectivity index (χ3v) is 7.17. The Morgan fingerprint density at radius 2 is 1.29 bits per heavy atom. The summed E-state index contributed by atoms with van der Waals surface area (Å²) in [6.45, 7) is 15.1. The Balaban J connectivity index is 2.28. The SMILES string of the molecule is Cc1c(CCC(C)(O)CCCC(C)CCCC(C)CCCC(C)C)cc(O)c(O)c1C. The summed E-state index contributed by atoms with van der Waals surface area (Å²) in [5.74, 6) is 2.29. The quantitative estimate of drug-likeness (QED) is 0.246. The summed E-state index contributed by atoms with van der Waals surface area (Å²) < 4.78 is 0. The minimum atomic E-state index is -0.696. The first-order valence-electron chi connectivity index (χ1n) is 12.7. The van der Waals surface area contributed by atoms with Crippen LogP contribution >= 0.6 is 0 Å². The van der Waals surface area contributed by atoms with E-state index in [4.69, 9.17) is 0 Å². The van der Waals surface area contributed by atoms with Gasteiger partial charge in [-0.1, -0.05) is 79.1 Å². The second-order valence-electron chi connectivity index (χ2n) is 11.0. The Labute approximate surface area is 192 Å². The van der Waals surface area contributed by atoms with Gasteiger partial charge in [-0.05, 0) is 80.5 Å². The predicted octanol–water partition coefficient (Wildman–Crippen LogP) is 7.84. The number of aryl methyl sites for hydroxylation is 1. The van der Waals surface area contributed by atoms with E-state index in [1.165, 1.54) is 44.9 Å². The van der Waals surface area contributed by atoms with Crippen LogP contribution in [0.3, 0.4) is 0 Å². The largest absolute Gasteiger partial charge is 0.504 e. The molecule has 0 aromatic heterocycles. The molecule has 0 bridgehead atoms. The molecule has 0 saturated carbocycles. The highest BCUT2D eigenvalue weighted by Crippen LogP contribution is 2.34. The maximum atomic E-state index is 10.8. The van der Waals surface area contributed by atoms with Crippen LogP contribution < -0.4 is 0 Å². The lowest BCUT2D eigenvalue weighted by molar-refractivity contribution is 0.0386. The third-order valence-electron chi connectivity index (χ3n) is 7.17. The van der Waals surface area contributed by atoms with Gasteiger partial charge in [0.15, 0.2) is 11.5 Å². The second kappa shape index (κ2) is 13.4. The van der Waals surface area contributed by atoms with Gasteiger partial charge in [-0.3, -0.25) is 0 Å². The van der Waals surface area contributed by atoms with Gasteiger partial charge in [0, 0.05) is 0 Å². The molecule has 0 radical (unpaired) electrons. The predicted molar refractivity (Wildman–Crippen MR) is 133 cm³/mol. The lowest BCUT2D eigenvalue weighted by Crippen LogP contribution is -2.25. The van der Waals surface area contributed by atoms with Crippen LogP contribution in [0.25, 0.3) is 0 Å². The monoisotopic (exact) mass is 434 g/mol. The summed E-state index contributed by atoms with van der Waals surface area (Å²) in [6.07, 6.45) is 12.5. The summed E-state index contributed by atoms with van der Waals surface area (Å²) in [4.78, 5) is 0. The van der Waals surface area contributed by atoms with E-state index >= 15 is 0 Å². The Bertz CT molecular complexity index is 648. The summed E-state index contributed by atoms with van der Waals surface area (Å²) >= 11 is 0. The van der Waals surface area contributed by atoms with E-state index in [1.807, 2.05) is 20.8 Å². The van der Waals surface area contributed by atoms with E-state index < -0.39 is 5.60 Å². The summed E-state index contributed by atoms with van der Waals surface area (Å²) in [6, 6.07) is 1.64. The van der Waals surface area contributed by atoms with E-state index in [0.29, 0.717) is 12.8 Å². The molecule has 1 aromatic rings. The zero-order valence-corrected chi connectivity index (χ0v) is 21.4. The molecule has 0 aliphatic carbocycles. The number of hydrogen-bond acceptors (Lipinski definition) is 3. The molecule has 1 aromatic carbocycles. The van der Waals surface area contributed by atoms with Gasteiger partial charge in [0.2, 0.25) is 0 Å². The lowest BCUT2D eigenvalue weighted by Gasteiger charge is -2.25. The molecule has 3 unspecified atom stereocenters. The first kappa shape index (κ1) is 27.8. The first-order valence-corrected chi connectivity index (χ1v) is 12.7. The molecule has 3 atom stereocenters. The fraction of sp³-hybridized carbons (Fsp3) is 0.786. The molecule has 0 saturated heterocycles. The van der Waals surface area contributed by atoms with Gasteiger partial charge < -0.3 is 15.3 Å². The van der Waals surface area contributed by atoms with Gasteiger partial charge in [-0.2, -0.15) is 0 Å². The zero-order chi connectivity index (χ0) is 23.6. The first-order chi connectivity index (χ1) is 14.4. The van der Waals surface area contributed by atoms with Crippen molar-refractivity contribution in [1.29, 1.82) is 0 Å². The third kappa shape index (κ3) is 10.8. The van der Waals surface area contributed by atoms with Crippen LogP contribution in [0, 0.1) is 31.6 Å². The summed E-state index contributed by atoms with van der Waals surface area (Å²) in [7, 11) is 0. The van der Waals surface area contributed by atoms with Crippen LogP contribution in [0.1, 0.15) is 116 Å². The van der Waals surface area contributed by atoms with Crippen LogP contribution in [0.15, 0.2) is 6.07 Å². The maximum absolute atomic E-state index is 10.8. The Hall–Kier alpha value is -1.22. The molecule has 1 rings (SSSR count). The van der Waals surface area contributed by atoms with Crippen LogP contribution in [-0.2, 0) is 6.42 Å². The van der Waals surface area contributed by atoms with Gasteiger partial charge in [-0.15, -0.1) is 0 Å². The van der Waals surface area contributed by atoms with Crippen molar-refractivity contribution >= 4 is 0 Å². The van der Waals surface area contributed by atoms with Crippen molar-refractivity contribution < 1.29 is 15.3 Å². The Morgan fingerprint density at radius 3 is 1.84 bits per heavy atom. The Kier molecular flexibility index (Phi) is 12.0. The fourth-order valence-corrected chi connectivity index (χ4v) is 4.55. The molecule has 3 nitrogen and oxygen atoms in total. The Morgan fingerprint density at radius 1 is 0.774 bits per heavy atom. The molecule has 0 aliphatic heterocycles. The van der Waals surface area contributed by atoms with Crippen molar-refractivity contribution in [1.82, 2.24) is 0 Å². The topological polar surface area (TPSA) is 60.7 Å². The van der Waals surface area contributed by atoms with Gasteiger partial charge in [0.25, 0.3) is 0 Å². The number of aromatic hydroxyl groups is 2. The van der Waals surface area contributed by atoms with Crippen molar-refractivity contribution in [2.45, 2.75) is 125 Å². The average molecular weight is 435 g/mol. The van der Waals surface area contributed by atoms with E-state index in [-0.39, 0.29) is 11.5 Å². The van der Waals surface area contributed by atoms with E-state index in [0.717, 1.165) is 47.3 Å². The standard InChI is InChI=1S/C28H50O3/c1-20(2)11-8-12-21(3)13-9-14-22(4)15-10-17-28(7,31)18-16-25-19-26(29)27(30)24(6)23(25)5/h19-22,29-31H,8-18H2,1-7H3. The molecular weight excluding hydrogens is 384 g/mol. The summed E-state index contributed by atoms with van der Waals surface area (Å²) in [5.41, 5.74) is 2.03. The van der Waals surface area contributed by atoms with E-state index in [1.54, 1.807) is 6.07 Å². The molecule has 180 valence electrons. The van der Waals surface area contributed by atoms with Crippen LogP contribution in [0.2, 0.25) is 0 Å². The molecule has 0 fully saturated rings. The number of hydrogen-bond donors (Lipinski definition) is 3. The molecule has 3 heteroatoms. The van der Waals surface area contributed by atoms with Crippen molar-refractivity contribution in [2.24, 2.45) is 17.8 Å². The fourth-order valence-electron chi connectivity index (χ4n) is 4.55. The molecule has 0 aliphatic rings.